The molecule has 3 heterocycles. The Labute approximate surface area is 165 Å². The van der Waals surface area contributed by atoms with Crippen LogP contribution in [-0.4, -0.2) is 29.6 Å². The van der Waals surface area contributed by atoms with Gasteiger partial charge in [0.05, 0.1) is 23.4 Å². The van der Waals surface area contributed by atoms with Crippen molar-refractivity contribution in [2.24, 2.45) is 0 Å². The average Bonchev–Trinajstić information content (AvgIpc) is 3.08. The minimum Gasteiger partial charge on any atom is -0.508 e. The van der Waals surface area contributed by atoms with Crippen molar-refractivity contribution in [2.45, 2.75) is 13.0 Å². The molecule has 0 fully saturated rings. The fourth-order valence-electron chi connectivity index (χ4n) is 3.69. The highest BCUT2D eigenvalue weighted by Gasteiger charge is 2.20. The first kappa shape index (κ1) is 17.1. The van der Waals surface area contributed by atoms with Crippen molar-refractivity contribution in [1.82, 2.24) is 24.5 Å². The topological polar surface area (TPSA) is 96.7 Å². The van der Waals surface area contributed by atoms with Crippen molar-refractivity contribution >= 4 is 22.2 Å². The molecular formula is C22H17N5O2. The molecular weight excluding hydrogens is 366 g/mol. The van der Waals surface area contributed by atoms with Crippen LogP contribution in [0.25, 0.3) is 33.5 Å². The van der Waals surface area contributed by atoms with E-state index in [-0.39, 0.29) is 11.4 Å². The molecule has 0 unspecified atom stereocenters. The molecule has 0 aliphatic rings. The van der Waals surface area contributed by atoms with Gasteiger partial charge < -0.3 is 5.11 Å². The molecule has 0 aliphatic heterocycles. The van der Waals surface area contributed by atoms with Crippen LogP contribution < -0.4 is 5.69 Å². The molecule has 7 heteroatoms. The molecule has 5 rings (SSSR count). The summed E-state index contributed by atoms with van der Waals surface area (Å²) in [4.78, 5) is 29.0. The van der Waals surface area contributed by atoms with Gasteiger partial charge in [0, 0.05) is 22.7 Å². The van der Waals surface area contributed by atoms with E-state index in [4.69, 9.17) is 4.98 Å². The van der Waals surface area contributed by atoms with Crippen molar-refractivity contribution < 1.29 is 5.11 Å². The predicted molar refractivity (Wildman–Crippen MR) is 111 cm³/mol. The fraction of sp³-hybridized carbons (Fsp3) is 0.0909. The number of para-hydroxylation sites is 1. The lowest BCUT2D eigenvalue weighted by Gasteiger charge is -2.15. The number of imidazole rings is 1. The summed E-state index contributed by atoms with van der Waals surface area (Å²) in [7, 11) is 0. The van der Waals surface area contributed by atoms with Gasteiger partial charge in [0.1, 0.15) is 5.75 Å². The highest BCUT2D eigenvalue weighted by Crippen LogP contribution is 2.29. The van der Waals surface area contributed by atoms with Gasteiger partial charge in [-0.15, -0.1) is 0 Å². The van der Waals surface area contributed by atoms with E-state index in [9.17, 15) is 9.90 Å². The number of phenols is 1. The van der Waals surface area contributed by atoms with E-state index < -0.39 is 6.04 Å². The molecule has 142 valence electrons. The number of nitrogens with one attached hydrogen (secondary N) is 1. The van der Waals surface area contributed by atoms with Crippen LogP contribution >= 0.6 is 0 Å². The molecule has 0 saturated carbocycles. The molecule has 1 atom stereocenters. The minimum atomic E-state index is -0.420. The van der Waals surface area contributed by atoms with E-state index in [1.807, 2.05) is 43.3 Å². The van der Waals surface area contributed by atoms with Gasteiger partial charge in [-0.3, -0.25) is 14.5 Å². The maximum atomic E-state index is 12.7. The Balaban J connectivity index is 1.73. The highest BCUT2D eigenvalue weighted by molar-refractivity contribution is 5.93. The molecule has 2 aromatic carbocycles. The van der Waals surface area contributed by atoms with Gasteiger partial charge in [0.15, 0.2) is 11.3 Å². The number of hydrogen-bond acceptors (Lipinski definition) is 5. The summed E-state index contributed by atoms with van der Waals surface area (Å²) in [5.74, 6) is 0.130. The third-order valence-electron chi connectivity index (χ3n) is 5.12. The van der Waals surface area contributed by atoms with E-state index in [2.05, 4.69) is 15.0 Å². The molecule has 29 heavy (non-hydrogen) atoms. The maximum absolute atomic E-state index is 12.7. The Morgan fingerprint density at radius 3 is 2.76 bits per heavy atom. The van der Waals surface area contributed by atoms with Gasteiger partial charge in [-0.25, -0.2) is 14.8 Å². The summed E-state index contributed by atoms with van der Waals surface area (Å²) < 4.78 is 1.52. The van der Waals surface area contributed by atoms with Gasteiger partial charge >= 0.3 is 5.69 Å². The number of rotatable bonds is 3. The van der Waals surface area contributed by atoms with Crippen LogP contribution in [0.3, 0.4) is 0 Å². The maximum Gasteiger partial charge on any atom is 0.329 e. The average molecular weight is 383 g/mol. The Hall–Kier alpha value is -4.00. The van der Waals surface area contributed by atoms with Crippen LogP contribution in [0.1, 0.15) is 18.5 Å². The van der Waals surface area contributed by atoms with Crippen LogP contribution in [0.15, 0.2) is 71.8 Å². The van der Waals surface area contributed by atoms with Crippen LogP contribution in [-0.2, 0) is 0 Å². The van der Waals surface area contributed by atoms with Crippen molar-refractivity contribution in [3.05, 3.63) is 83.0 Å². The number of nitrogens with zero attached hydrogens (tertiary/aromatic N) is 4. The lowest BCUT2D eigenvalue weighted by atomic mass is 10.1. The number of H-pyrrole nitrogens is 1. The van der Waals surface area contributed by atoms with E-state index in [0.717, 1.165) is 16.5 Å². The number of aromatic nitrogens is 5. The van der Waals surface area contributed by atoms with Crippen LogP contribution in [0, 0.1) is 0 Å². The molecule has 7 nitrogen and oxygen atoms in total. The summed E-state index contributed by atoms with van der Waals surface area (Å²) in [6.07, 6.45) is 3.40. The molecule has 0 radical (unpaired) electrons. The predicted octanol–water partition coefficient (Wildman–Crippen LogP) is 3.65. The smallest absolute Gasteiger partial charge is 0.329 e. The zero-order valence-corrected chi connectivity index (χ0v) is 15.6. The second-order valence-electron chi connectivity index (χ2n) is 6.84. The molecule has 0 spiro atoms. The van der Waals surface area contributed by atoms with Gasteiger partial charge in [0.25, 0.3) is 0 Å². The number of aromatic hydroxyl groups is 1. The fourth-order valence-corrected chi connectivity index (χ4v) is 3.69. The quantitative estimate of drug-likeness (QED) is 0.496. The van der Waals surface area contributed by atoms with Gasteiger partial charge in [-0.05, 0) is 25.1 Å². The molecule has 0 amide bonds. The monoisotopic (exact) mass is 383 g/mol. The standard InChI is InChI=1S/C22H17N5O2/c1-13(14-6-2-3-10-19(14)28)27-21-20(26-22(27)29)24-12-18(25-21)16-7-4-9-17-15(16)8-5-11-23-17/h2-13,28H,1H3,(H,24,26,29)/t13-/m1/s1. The summed E-state index contributed by atoms with van der Waals surface area (Å²) in [6, 6.07) is 16.2. The number of aromatic amines is 1. The van der Waals surface area contributed by atoms with E-state index in [1.165, 1.54) is 4.57 Å². The van der Waals surface area contributed by atoms with Gasteiger partial charge in [0.2, 0.25) is 0 Å². The minimum absolute atomic E-state index is 0.130. The third kappa shape index (κ3) is 2.75. The van der Waals surface area contributed by atoms with Crippen LogP contribution in [0.2, 0.25) is 0 Å². The van der Waals surface area contributed by atoms with E-state index in [0.29, 0.717) is 22.6 Å². The SMILES string of the molecule is C[C@H](c1ccccc1O)n1c(=O)[nH]c2ncc(-c3cccc4ncccc34)nc21. The Morgan fingerprint density at radius 1 is 1.03 bits per heavy atom. The molecule has 3 aromatic heterocycles. The van der Waals surface area contributed by atoms with Crippen LogP contribution in [0.4, 0.5) is 0 Å². The summed E-state index contributed by atoms with van der Waals surface area (Å²) in [6.45, 7) is 1.85. The number of pyridine rings is 1. The lowest BCUT2D eigenvalue weighted by molar-refractivity contribution is 0.457. The summed E-state index contributed by atoms with van der Waals surface area (Å²) in [5, 5.41) is 11.2. The Kier molecular flexibility index (Phi) is 3.87. The molecule has 5 aromatic rings. The number of phenolic OH excluding ortho intramolecular Hbond substituents is 1. The summed E-state index contributed by atoms with van der Waals surface area (Å²) in [5.41, 5.74) is 3.54. The first-order valence-electron chi connectivity index (χ1n) is 9.23. The zero-order valence-electron chi connectivity index (χ0n) is 15.6. The van der Waals surface area contributed by atoms with Gasteiger partial charge in [-0.2, -0.15) is 0 Å². The molecule has 0 saturated heterocycles. The first-order chi connectivity index (χ1) is 14.1. The normalized spacial score (nSPS) is 12.4. The van der Waals surface area contributed by atoms with E-state index in [1.54, 1.807) is 30.6 Å². The Bertz CT molecular complexity index is 1410. The van der Waals surface area contributed by atoms with Gasteiger partial charge in [-0.1, -0.05) is 36.4 Å². The highest BCUT2D eigenvalue weighted by atomic mass is 16.3. The zero-order chi connectivity index (χ0) is 20.0. The van der Waals surface area contributed by atoms with Crippen LogP contribution in [0.5, 0.6) is 5.75 Å². The second kappa shape index (κ2) is 6.56. The van der Waals surface area contributed by atoms with Crippen molar-refractivity contribution in [3.8, 4) is 17.0 Å². The van der Waals surface area contributed by atoms with Crippen molar-refractivity contribution in [3.63, 3.8) is 0 Å². The molecule has 0 bridgehead atoms. The Morgan fingerprint density at radius 2 is 1.90 bits per heavy atom. The number of hydrogen-bond donors (Lipinski definition) is 2. The van der Waals surface area contributed by atoms with E-state index >= 15 is 0 Å². The molecule has 2 N–H and O–H groups in total. The lowest BCUT2D eigenvalue weighted by Crippen LogP contribution is -2.21. The number of benzene rings is 2. The third-order valence-corrected chi connectivity index (χ3v) is 5.12. The second-order valence-corrected chi connectivity index (χ2v) is 6.84. The first-order valence-corrected chi connectivity index (χ1v) is 9.23. The number of fused-ring (bicyclic) bond motifs is 2. The van der Waals surface area contributed by atoms with Crippen molar-refractivity contribution in [1.29, 1.82) is 0 Å². The largest absolute Gasteiger partial charge is 0.508 e. The molecule has 0 aliphatic carbocycles. The summed E-state index contributed by atoms with van der Waals surface area (Å²) >= 11 is 0. The van der Waals surface area contributed by atoms with Crippen molar-refractivity contribution in [2.75, 3.05) is 0 Å².